The molecular formula is C15H23N3O. The fourth-order valence-electron chi connectivity index (χ4n) is 1.94. The number of likely N-dealkylation sites (N-methyl/N-ethyl adjacent to an activating group) is 1. The maximum Gasteiger partial charge on any atom is 0.131 e. The van der Waals surface area contributed by atoms with Crippen LogP contribution in [0.3, 0.4) is 0 Å². The Hall–Kier alpha value is -1.41. The van der Waals surface area contributed by atoms with E-state index in [4.69, 9.17) is 10.5 Å². The maximum atomic E-state index is 9.38. The minimum absolute atomic E-state index is 0.309. The number of hydrogen-bond donors (Lipinski definition) is 1. The van der Waals surface area contributed by atoms with Crippen LogP contribution in [0.4, 0.5) is 0 Å². The first-order chi connectivity index (χ1) is 9.03. The Balaban J connectivity index is 2.66. The van der Waals surface area contributed by atoms with E-state index in [2.05, 4.69) is 17.9 Å². The lowest BCUT2D eigenvalue weighted by Gasteiger charge is -2.28. The van der Waals surface area contributed by atoms with Crippen molar-refractivity contribution in [1.82, 2.24) is 4.90 Å². The summed E-state index contributed by atoms with van der Waals surface area (Å²) in [5, 5.41) is 9.38. The van der Waals surface area contributed by atoms with E-state index in [1.807, 2.05) is 37.4 Å². The first kappa shape index (κ1) is 15.6. The molecule has 0 heterocycles. The zero-order chi connectivity index (χ0) is 14.3. The lowest BCUT2D eigenvalue weighted by Crippen LogP contribution is -2.41. The van der Waals surface area contributed by atoms with Crippen molar-refractivity contribution in [3.63, 3.8) is 0 Å². The van der Waals surface area contributed by atoms with Crippen molar-refractivity contribution in [3.8, 4) is 6.07 Å². The predicted octanol–water partition coefficient (Wildman–Crippen LogP) is 1.72. The van der Waals surface area contributed by atoms with E-state index in [1.165, 1.54) is 0 Å². The molecular weight excluding hydrogens is 238 g/mol. The van der Waals surface area contributed by atoms with Gasteiger partial charge in [-0.1, -0.05) is 30.3 Å². The molecule has 4 heteroatoms. The summed E-state index contributed by atoms with van der Waals surface area (Å²) in [7, 11) is 3.71. The SMILES string of the molecule is COCC(C)N(C)CCC(N)(C#N)c1ccccc1. The van der Waals surface area contributed by atoms with E-state index in [1.54, 1.807) is 7.11 Å². The number of benzene rings is 1. The molecule has 0 amide bonds. The molecule has 0 aromatic heterocycles. The van der Waals surface area contributed by atoms with Crippen molar-refractivity contribution in [3.05, 3.63) is 35.9 Å². The zero-order valence-electron chi connectivity index (χ0n) is 12.0. The summed E-state index contributed by atoms with van der Waals surface area (Å²) >= 11 is 0. The van der Waals surface area contributed by atoms with Crippen molar-refractivity contribution in [1.29, 1.82) is 5.26 Å². The Morgan fingerprint density at radius 1 is 1.42 bits per heavy atom. The maximum absolute atomic E-state index is 9.38. The monoisotopic (exact) mass is 261 g/mol. The number of hydrogen-bond acceptors (Lipinski definition) is 4. The van der Waals surface area contributed by atoms with Crippen LogP contribution in [0.5, 0.6) is 0 Å². The Morgan fingerprint density at radius 2 is 2.05 bits per heavy atom. The van der Waals surface area contributed by atoms with Crippen molar-refractivity contribution >= 4 is 0 Å². The van der Waals surface area contributed by atoms with Crippen LogP contribution in [0.1, 0.15) is 18.9 Å². The third kappa shape index (κ3) is 4.32. The molecule has 0 aliphatic rings. The fourth-order valence-corrected chi connectivity index (χ4v) is 1.94. The van der Waals surface area contributed by atoms with Crippen LogP contribution >= 0.6 is 0 Å². The highest BCUT2D eigenvalue weighted by Crippen LogP contribution is 2.21. The standard InChI is InChI=1S/C15H23N3O/c1-13(11-19-3)18(2)10-9-15(17,12-16)14-7-5-4-6-8-14/h4-8,13H,9-11,17H2,1-3H3. The molecule has 2 atom stereocenters. The summed E-state index contributed by atoms with van der Waals surface area (Å²) in [5.41, 5.74) is 6.16. The topological polar surface area (TPSA) is 62.3 Å². The largest absolute Gasteiger partial charge is 0.383 e. The molecule has 1 aromatic carbocycles. The van der Waals surface area contributed by atoms with Crippen molar-refractivity contribution in [2.75, 3.05) is 27.3 Å². The summed E-state index contributed by atoms with van der Waals surface area (Å²) in [6.45, 7) is 3.52. The van der Waals surface area contributed by atoms with Gasteiger partial charge in [0.1, 0.15) is 5.54 Å². The average molecular weight is 261 g/mol. The minimum atomic E-state index is -0.928. The molecule has 0 fully saturated rings. The van der Waals surface area contributed by atoms with Gasteiger partial charge in [0.15, 0.2) is 0 Å². The Bertz CT molecular complexity index is 415. The highest BCUT2D eigenvalue weighted by atomic mass is 16.5. The summed E-state index contributed by atoms with van der Waals surface area (Å²) in [6, 6.07) is 12.1. The first-order valence-corrected chi connectivity index (χ1v) is 6.48. The Kier molecular flexibility index (Phi) is 5.97. The van der Waals surface area contributed by atoms with E-state index >= 15 is 0 Å². The first-order valence-electron chi connectivity index (χ1n) is 6.48. The molecule has 0 aliphatic heterocycles. The van der Waals surface area contributed by atoms with Crippen molar-refractivity contribution in [2.45, 2.75) is 24.9 Å². The highest BCUT2D eigenvalue weighted by molar-refractivity contribution is 5.30. The summed E-state index contributed by atoms with van der Waals surface area (Å²) < 4.78 is 5.13. The summed E-state index contributed by atoms with van der Waals surface area (Å²) in [6.07, 6.45) is 0.595. The number of nitrogens with zero attached hydrogens (tertiary/aromatic N) is 2. The van der Waals surface area contributed by atoms with Crippen LogP contribution in [-0.2, 0) is 10.3 Å². The molecule has 19 heavy (non-hydrogen) atoms. The predicted molar refractivity (Wildman–Crippen MR) is 76.5 cm³/mol. The lowest BCUT2D eigenvalue weighted by molar-refractivity contribution is 0.112. The third-order valence-corrected chi connectivity index (χ3v) is 3.51. The second-order valence-electron chi connectivity index (χ2n) is 4.98. The number of ether oxygens (including phenoxy) is 1. The number of nitriles is 1. The van der Waals surface area contributed by atoms with Gasteiger partial charge in [0.25, 0.3) is 0 Å². The van der Waals surface area contributed by atoms with Crippen molar-refractivity contribution in [2.24, 2.45) is 5.73 Å². The molecule has 0 spiro atoms. The fraction of sp³-hybridized carbons (Fsp3) is 0.533. The molecule has 104 valence electrons. The van der Waals surface area contributed by atoms with E-state index in [9.17, 15) is 5.26 Å². The zero-order valence-corrected chi connectivity index (χ0v) is 12.0. The van der Waals surface area contributed by atoms with Gasteiger partial charge in [-0.05, 0) is 26.0 Å². The van der Waals surface area contributed by atoms with Crippen LogP contribution in [0.25, 0.3) is 0 Å². The van der Waals surface area contributed by atoms with Gasteiger partial charge >= 0.3 is 0 Å². The smallest absolute Gasteiger partial charge is 0.131 e. The summed E-state index contributed by atoms with van der Waals surface area (Å²) in [5.74, 6) is 0. The third-order valence-electron chi connectivity index (χ3n) is 3.51. The van der Waals surface area contributed by atoms with Crippen LogP contribution in [-0.4, -0.2) is 38.3 Å². The van der Waals surface area contributed by atoms with Gasteiger partial charge in [-0.3, -0.25) is 0 Å². The number of rotatable bonds is 7. The minimum Gasteiger partial charge on any atom is -0.383 e. The van der Waals surface area contributed by atoms with Gasteiger partial charge in [-0.15, -0.1) is 0 Å². The molecule has 0 radical (unpaired) electrons. The van der Waals surface area contributed by atoms with E-state index < -0.39 is 5.54 Å². The van der Waals surface area contributed by atoms with Crippen LogP contribution < -0.4 is 5.73 Å². The van der Waals surface area contributed by atoms with Gasteiger partial charge in [-0.25, -0.2) is 0 Å². The molecule has 0 saturated carbocycles. The Morgan fingerprint density at radius 3 is 2.58 bits per heavy atom. The van der Waals surface area contributed by atoms with Gasteiger partial charge in [0, 0.05) is 19.7 Å². The van der Waals surface area contributed by atoms with Crippen LogP contribution in [0.2, 0.25) is 0 Å². The molecule has 0 bridgehead atoms. The highest BCUT2D eigenvalue weighted by Gasteiger charge is 2.27. The molecule has 1 aromatic rings. The quantitative estimate of drug-likeness (QED) is 0.812. The van der Waals surface area contributed by atoms with E-state index in [-0.39, 0.29) is 0 Å². The van der Waals surface area contributed by atoms with Gasteiger partial charge < -0.3 is 15.4 Å². The van der Waals surface area contributed by atoms with E-state index in [0.29, 0.717) is 19.1 Å². The van der Waals surface area contributed by atoms with Gasteiger partial charge in [-0.2, -0.15) is 5.26 Å². The molecule has 1 rings (SSSR count). The van der Waals surface area contributed by atoms with Gasteiger partial charge in [0.05, 0.1) is 12.7 Å². The normalized spacial score (nSPS) is 15.8. The van der Waals surface area contributed by atoms with Crippen molar-refractivity contribution < 1.29 is 4.74 Å². The second-order valence-corrected chi connectivity index (χ2v) is 4.98. The number of nitrogens with two attached hydrogens (primary N) is 1. The summed E-state index contributed by atoms with van der Waals surface area (Å²) in [4.78, 5) is 2.16. The second kappa shape index (κ2) is 7.25. The lowest BCUT2D eigenvalue weighted by atomic mass is 9.89. The molecule has 4 nitrogen and oxygen atoms in total. The molecule has 2 N–H and O–H groups in total. The Labute approximate surface area is 115 Å². The average Bonchev–Trinajstić information content (AvgIpc) is 2.45. The van der Waals surface area contributed by atoms with E-state index in [0.717, 1.165) is 12.1 Å². The molecule has 0 saturated heterocycles. The van der Waals surface area contributed by atoms with Gasteiger partial charge in [0.2, 0.25) is 0 Å². The van der Waals surface area contributed by atoms with Crippen LogP contribution in [0.15, 0.2) is 30.3 Å². The molecule has 0 aliphatic carbocycles. The molecule has 2 unspecified atom stereocenters. The number of methoxy groups -OCH3 is 1. The van der Waals surface area contributed by atoms with Crippen LogP contribution in [0, 0.1) is 11.3 Å².